The molecule has 0 aliphatic rings. The van der Waals surface area contributed by atoms with Crippen LogP contribution in [-0.2, 0) is 21.0 Å². The molecule has 0 fully saturated rings. The summed E-state index contributed by atoms with van der Waals surface area (Å²) in [6.07, 6.45) is -2.19. The fourth-order valence-corrected chi connectivity index (χ4v) is 5.46. The van der Waals surface area contributed by atoms with Gasteiger partial charge in [-0.1, -0.05) is 61.3 Å². The SMILES string of the molecule is CCCCCC(=O)NS(=O)(=O)c1ccccc1NC(=O)c1ccc(-c2noc(-c3cccc(C(F)(F)F)c3)c2C)cc1. The zero-order chi connectivity index (χ0) is 30.5. The molecule has 0 atom stereocenters. The number of sulfonamides is 1. The summed E-state index contributed by atoms with van der Waals surface area (Å²) in [5.74, 6) is -1.03. The molecule has 0 bridgehead atoms. The molecule has 1 heterocycles. The van der Waals surface area contributed by atoms with Crippen LogP contribution in [0.25, 0.3) is 22.6 Å². The summed E-state index contributed by atoms with van der Waals surface area (Å²) in [4.78, 5) is 24.9. The van der Waals surface area contributed by atoms with Crippen LogP contribution in [0.15, 0.2) is 82.2 Å². The maximum atomic E-state index is 13.2. The summed E-state index contributed by atoms with van der Waals surface area (Å²) in [6.45, 7) is 3.64. The maximum Gasteiger partial charge on any atom is 0.416 e. The Balaban J connectivity index is 1.50. The van der Waals surface area contributed by atoms with Crippen molar-refractivity contribution in [3.8, 4) is 22.6 Å². The predicted octanol–water partition coefficient (Wildman–Crippen LogP) is 6.97. The van der Waals surface area contributed by atoms with E-state index in [1.54, 1.807) is 25.1 Å². The van der Waals surface area contributed by atoms with E-state index in [0.717, 1.165) is 25.0 Å². The summed E-state index contributed by atoms with van der Waals surface area (Å²) >= 11 is 0. The lowest BCUT2D eigenvalue weighted by molar-refractivity contribution is -0.137. The summed E-state index contributed by atoms with van der Waals surface area (Å²) in [5, 5.41) is 6.60. The first-order valence-corrected chi connectivity index (χ1v) is 14.6. The number of hydrogen-bond donors (Lipinski definition) is 2. The smallest absolute Gasteiger partial charge is 0.355 e. The second-order valence-electron chi connectivity index (χ2n) is 9.58. The van der Waals surface area contributed by atoms with Crippen LogP contribution in [0.1, 0.15) is 54.1 Å². The minimum Gasteiger partial charge on any atom is -0.355 e. The Kier molecular flexibility index (Phi) is 9.15. The topological polar surface area (TPSA) is 118 Å². The number of rotatable bonds is 10. The van der Waals surface area contributed by atoms with Gasteiger partial charge in [-0.3, -0.25) is 9.59 Å². The number of unbranched alkanes of at least 4 members (excludes halogenated alkanes) is 2. The van der Waals surface area contributed by atoms with Gasteiger partial charge in [0.15, 0.2) is 5.76 Å². The van der Waals surface area contributed by atoms with Gasteiger partial charge in [0.05, 0.1) is 11.3 Å². The molecule has 0 radical (unpaired) electrons. The molecule has 0 aliphatic carbocycles. The lowest BCUT2D eigenvalue weighted by Crippen LogP contribution is -2.31. The third kappa shape index (κ3) is 7.06. The quantitative estimate of drug-likeness (QED) is 0.190. The number of anilines is 1. The molecular formula is C30H28F3N3O5S. The van der Waals surface area contributed by atoms with E-state index >= 15 is 0 Å². The van der Waals surface area contributed by atoms with E-state index < -0.39 is 33.6 Å². The third-order valence-electron chi connectivity index (χ3n) is 6.48. The van der Waals surface area contributed by atoms with Crippen molar-refractivity contribution in [2.45, 2.75) is 50.6 Å². The van der Waals surface area contributed by atoms with E-state index in [1.165, 1.54) is 42.5 Å². The molecule has 0 spiro atoms. The van der Waals surface area contributed by atoms with E-state index in [9.17, 15) is 31.2 Å². The zero-order valence-electron chi connectivity index (χ0n) is 22.8. The molecule has 12 heteroatoms. The number of halogens is 3. The summed E-state index contributed by atoms with van der Waals surface area (Å²) in [7, 11) is -4.23. The van der Waals surface area contributed by atoms with Crippen molar-refractivity contribution in [3.63, 3.8) is 0 Å². The second-order valence-corrected chi connectivity index (χ2v) is 11.2. The molecule has 0 saturated carbocycles. The highest BCUT2D eigenvalue weighted by Crippen LogP contribution is 2.35. The van der Waals surface area contributed by atoms with Crippen LogP contribution in [0.4, 0.5) is 18.9 Å². The highest BCUT2D eigenvalue weighted by molar-refractivity contribution is 7.90. The molecule has 4 aromatic rings. The van der Waals surface area contributed by atoms with Crippen molar-refractivity contribution in [1.82, 2.24) is 9.88 Å². The van der Waals surface area contributed by atoms with Crippen LogP contribution in [0.5, 0.6) is 0 Å². The molecule has 3 aromatic carbocycles. The monoisotopic (exact) mass is 599 g/mol. The van der Waals surface area contributed by atoms with Gasteiger partial charge in [0.1, 0.15) is 10.6 Å². The Hall–Kier alpha value is -4.45. The van der Waals surface area contributed by atoms with Crippen molar-refractivity contribution >= 4 is 27.5 Å². The number of carbonyl (C=O) groups is 2. The Bertz CT molecular complexity index is 1700. The van der Waals surface area contributed by atoms with E-state index in [-0.39, 0.29) is 33.9 Å². The lowest BCUT2D eigenvalue weighted by atomic mass is 10.0. The first-order chi connectivity index (χ1) is 19.9. The minimum atomic E-state index is -4.50. The number of nitrogens with zero attached hydrogens (tertiary/aromatic N) is 1. The normalized spacial score (nSPS) is 11.7. The van der Waals surface area contributed by atoms with Crippen LogP contribution >= 0.6 is 0 Å². The highest BCUT2D eigenvalue weighted by Gasteiger charge is 2.31. The van der Waals surface area contributed by atoms with Crippen molar-refractivity contribution in [3.05, 3.63) is 89.5 Å². The van der Waals surface area contributed by atoms with Gasteiger partial charge in [0.2, 0.25) is 5.91 Å². The van der Waals surface area contributed by atoms with Gasteiger partial charge in [-0.15, -0.1) is 0 Å². The Morgan fingerprint density at radius 3 is 2.33 bits per heavy atom. The average Bonchev–Trinajstić information content (AvgIpc) is 3.34. The zero-order valence-corrected chi connectivity index (χ0v) is 23.6. The van der Waals surface area contributed by atoms with E-state index in [4.69, 9.17) is 4.52 Å². The summed E-state index contributed by atoms with van der Waals surface area (Å²) in [5.41, 5.74) is 1.08. The second kappa shape index (κ2) is 12.6. The van der Waals surface area contributed by atoms with Gasteiger partial charge < -0.3 is 9.84 Å². The van der Waals surface area contributed by atoms with E-state index in [1.807, 2.05) is 6.92 Å². The van der Waals surface area contributed by atoms with Gasteiger partial charge in [-0.05, 0) is 49.7 Å². The molecular weight excluding hydrogens is 571 g/mol. The molecule has 0 saturated heterocycles. The molecule has 0 aliphatic heterocycles. The van der Waals surface area contributed by atoms with Crippen LogP contribution in [-0.4, -0.2) is 25.4 Å². The van der Waals surface area contributed by atoms with Gasteiger partial charge in [-0.25, -0.2) is 13.1 Å². The fourth-order valence-electron chi connectivity index (χ4n) is 4.28. The van der Waals surface area contributed by atoms with Crippen LogP contribution in [0, 0.1) is 6.92 Å². The van der Waals surface area contributed by atoms with Crippen LogP contribution < -0.4 is 10.0 Å². The number of para-hydroxylation sites is 1. The molecule has 0 unspecified atom stereocenters. The van der Waals surface area contributed by atoms with Crippen LogP contribution in [0.2, 0.25) is 0 Å². The van der Waals surface area contributed by atoms with E-state index in [2.05, 4.69) is 15.2 Å². The van der Waals surface area contributed by atoms with Gasteiger partial charge >= 0.3 is 6.18 Å². The molecule has 2 amide bonds. The largest absolute Gasteiger partial charge is 0.416 e. The number of aromatic nitrogens is 1. The number of hydrogen-bond acceptors (Lipinski definition) is 6. The summed E-state index contributed by atoms with van der Waals surface area (Å²) in [6, 6.07) is 16.7. The number of nitrogens with one attached hydrogen (secondary N) is 2. The molecule has 42 heavy (non-hydrogen) atoms. The van der Waals surface area contributed by atoms with Crippen molar-refractivity contribution in [2.75, 3.05) is 5.32 Å². The number of benzene rings is 3. The maximum absolute atomic E-state index is 13.2. The van der Waals surface area contributed by atoms with Crippen molar-refractivity contribution < 1.29 is 35.7 Å². The molecule has 2 N–H and O–H groups in total. The highest BCUT2D eigenvalue weighted by atomic mass is 32.2. The number of amides is 2. The van der Waals surface area contributed by atoms with Gasteiger partial charge in [-0.2, -0.15) is 13.2 Å². The minimum absolute atomic E-state index is 0.00138. The van der Waals surface area contributed by atoms with E-state index in [0.29, 0.717) is 23.2 Å². The van der Waals surface area contributed by atoms with Gasteiger partial charge in [0.25, 0.3) is 15.9 Å². The standard InChI is InChI=1S/C30H28F3N3O5S/c1-3-4-5-13-26(37)36-42(39,40)25-12-7-6-11-24(25)34-29(38)21-16-14-20(15-17-21)27-19(2)28(41-35-27)22-9-8-10-23(18-22)30(31,32)33/h6-12,14-18H,3-5,13H2,1-2H3,(H,34,38)(H,36,37). The fraction of sp³-hybridized carbons (Fsp3) is 0.233. The Morgan fingerprint density at radius 2 is 1.64 bits per heavy atom. The Morgan fingerprint density at radius 1 is 0.929 bits per heavy atom. The molecule has 8 nitrogen and oxygen atoms in total. The molecule has 1 aromatic heterocycles. The summed E-state index contributed by atoms with van der Waals surface area (Å²) < 4.78 is 72.6. The van der Waals surface area contributed by atoms with Crippen LogP contribution in [0.3, 0.4) is 0 Å². The first kappa shape index (κ1) is 30.5. The molecule has 220 valence electrons. The first-order valence-electron chi connectivity index (χ1n) is 13.1. The Labute approximate surface area is 241 Å². The number of carbonyl (C=O) groups excluding carboxylic acids is 2. The number of alkyl halides is 3. The van der Waals surface area contributed by atoms with Gasteiger partial charge in [0, 0.05) is 28.7 Å². The van der Waals surface area contributed by atoms with Crippen molar-refractivity contribution in [2.24, 2.45) is 0 Å². The van der Waals surface area contributed by atoms with Crippen molar-refractivity contribution in [1.29, 1.82) is 0 Å². The average molecular weight is 600 g/mol. The molecule has 4 rings (SSSR count). The third-order valence-corrected chi connectivity index (χ3v) is 7.91. The lowest BCUT2D eigenvalue weighted by Gasteiger charge is -2.13. The predicted molar refractivity (Wildman–Crippen MR) is 151 cm³/mol.